The van der Waals surface area contributed by atoms with Gasteiger partial charge in [-0.1, -0.05) is 6.07 Å². The Labute approximate surface area is 252 Å². The smallest absolute Gasteiger partial charge is 0.410 e. The van der Waals surface area contributed by atoms with E-state index in [1.54, 1.807) is 11.2 Å². The van der Waals surface area contributed by atoms with Crippen LogP contribution in [0.3, 0.4) is 0 Å². The van der Waals surface area contributed by atoms with Crippen molar-refractivity contribution in [1.82, 2.24) is 34.7 Å². The first-order valence-electron chi connectivity index (χ1n) is 15.1. The molecule has 1 aromatic carbocycles. The maximum atomic E-state index is 12.5. The number of hydrogen-bond acceptors (Lipinski definition) is 9. The molecule has 0 bridgehead atoms. The molecule has 2 fully saturated rings. The Morgan fingerprint density at radius 2 is 1.88 bits per heavy atom. The van der Waals surface area contributed by atoms with Gasteiger partial charge in [0.05, 0.1) is 16.7 Å². The van der Waals surface area contributed by atoms with Gasteiger partial charge < -0.3 is 24.8 Å². The highest BCUT2D eigenvalue weighted by Gasteiger charge is 2.28. The van der Waals surface area contributed by atoms with E-state index in [1.807, 2.05) is 51.2 Å². The predicted molar refractivity (Wildman–Crippen MR) is 168 cm³/mol. The maximum Gasteiger partial charge on any atom is 0.410 e. The number of carbonyl (C=O) groups is 1. The third kappa shape index (κ3) is 7.05. The normalized spacial score (nSPS) is 16.7. The van der Waals surface area contributed by atoms with Crippen molar-refractivity contribution in [3.8, 4) is 11.3 Å². The number of aromatic nitrogens is 5. The number of benzene rings is 1. The van der Waals surface area contributed by atoms with Crippen LogP contribution in [-0.2, 0) is 4.74 Å². The molecule has 0 radical (unpaired) electrons. The number of anilines is 3. The zero-order valence-corrected chi connectivity index (χ0v) is 25.7. The largest absolute Gasteiger partial charge is 0.444 e. The van der Waals surface area contributed by atoms with Crippen LogP contribution in [0.1, 0.15) is 52.1 Å². The van der Waals surface area contributed by atoms with E-state index >= 15 is 0 Å². The van der Waals surface area contributed by atoms with E-state index in [4.69, 9.17) is 9.72 Å². The molecule has 1 saturated carbocycles. The lowest BCUT2D eigenvalue weighted by Crippen LogP contribution is -2.50. The number of imidazole rings is 1. The quantitative estimate of drug-likeness (QED) is 0.273. The first kappa shape index (κ1) is 28.9. The second kappa shape index (κ2) is 11.8. The van der Waals surface area contributed by atoms with Crippen LogP contribution >= 0.6 is 0 Å². The number of pyridine rings is 1. The van der Waals surface area contributed by atoms with Gasteiger partial charge in [-0.05, 0) is 76.3 Å². The van der Waals surface area contributed by atoms with Crippen LogP contribution in [0.4, 0.5) is 22.4 Å². The van der Waals surface area contributed by atoms with Gasteiger partial charge in [-0.15, -0.1) is 0 Å². The number of nitrogens with zero attached hydrogens (tertiary/aromatic N) is 7. The molecule has 2 N–H and O–H groups in total. The van der Waals surface area contributed by atoms with Gasteiger partial charge in [0.2, 0.25) is 5.95 Å². The molecule has 2 aliphatic rings. The minimum Gasteiger partial charge on any atom is -0.444 e. The molecular formula is C32H41N9O2. The minimum absolute atomic E-state index is 0.170. The fourth-order valence-electron chi connectivity index (χ4n) is 5.45. The van der Waals surface area contributed by atoms with E-state index in [0.29, 0.717) is 19.0 Å². The summed E-state index contributed by atoms with van der Waals surface area (Å²) in [5.74, 6) is 3.07. The molecule has 1 unspecified atom stereocenters. The molecule has 3 aromatic heterocycles. The molecule has 226 valence electrons. The Hall–Kier alpha value is -4.25. The zero-order valence-electron chi connectivity index (χ0n) is 25.7. The maximum absolute atomic E-state index is 12.5. The van der Waals surface area contributed by atoms with Crippen molar-refractivity contribution < 1.29 is 9.53 Å². The molecule has 1 aliphatic heterocycles. The number of piperazine rings is 1. The standard InChI is InChI=1S/C32H41N9O2/c1-21(40-12-14-41(15-13-40)31(42)43-32(2,3)4)23-10-11-33-28(17-23)38-30-36-25-9-8-24(16-27(25)37-30)26-18-29(35-20-34-26)39(5)19-22-6-7-22/h8-11,16-18,20-22H,6-7,12-15,19H2,1-5H3,(H2,33,36,37,38). The molecule has 6 rings (SSSR count). The highest BCUT2D eigenvalue weighted by molar-refractivity contribution is 5.83. The molecule has 11 heteroatoms. The minimum atomic E-state index is -0.489. The molecule has 0 spiro atoms. The third-order valence-corrected chi connectivity index (χ3v) is 8.08. The van der Waals surface area contributed by atoms with Crippen LogP contribution in [0.15, 0.2) is 48.9 Å². The number of H-pyrrole nitrogens is 1. The second-order valence-corrected chi connectivity index (χ2v) is 12.7. The van der Waals surface area contributed by atoms with Crippen LogP contribution in [-0.4, -0.2) is 86.2 Å². The molecule has 4 aromatic rings. The summed E-state index contributed by atoms with van der Waals surface area (Å²) in [7, 11) is 2.09. The van der Waals surface area contributed by atoms with Crippen LogP contribution in [0, 0.1) is 5.92 Å². The van der Waals surface area contributed by atoms with Crippen LogP contribution < -0.4 is 10.2 Å². The number of aromatic amines is 1. The third-order valence-electron chi connectivity index (χ3n) is 8.08. The van der Waals surface area contributed by atoms with Gasteiger partial charge in [-0.3, -0.25) is 4.90 Å². The van der Waals surface area contributed by atoms with Crippen LogP contribution in [0.25, 0.3) is 22.3 Å². The van der Waals surface area contributed by atoms with E-state index in [0.717, 1.165) is 65.0 Å². The highest BCUT2D eigenvalue weighted by atomic mass is 16.6. The van der Waals surface area contributed by atoms with Gasteiger partial charge in [0.15, 0.2) is 0 Å². The molecule has 43 heavy (non-hydrogen) atoms. The fourth-order valence-corrected chi connectivity index (χ4v) is 5.45. The van der Waals surface area contributed by atoms with E-state index in [9.17, 15) is 4.79 Å². The Morgan fingerprint density at radius 1 is 1.09 bits per heavy atom. The Bertz CT molecular complexity index is 1590. The number of ether oxygens (including phenoxy) is 1. The lowest BCUT2D eigenvalue weighted by Gasteiger charge is -2.38. The van der Waals surface area contributed by atoms with Crippen molar-refractivity contribution in [2.45, 2.75) is 52.2 Å². The van der Waals surface area contributed by atoms with Gasteiger partial charge in [-0.25, -0.2) is 24.7 Å². The summed E-state index contributed by atoms with van der Waals surface area (Å²) in [6.07, 6.45) is 5.83. The SMILES string of the molecule is CC(c1ccnc(Nc2nc3ccc(-c4cc(N(C)CC5CC5)ncn4)cc3[nH]2)c1)N1CCN(C(=O)OC(C)(C)C)CC1. The summed E-state index contributed by atoms with van der Waals surface area (Å²) in [5, 5.41) is 3.34. The van der Waals surface area contributed by atoms with Crippen molar-refractivity contribution in [2.75, 3.05) is 50.0 Å². The van der Waals surface area contributed by atoms with Gasteiger partial charge in [0, 0.05) is 63.6 Å². The fraction of sp³-hybridized carbons (Fsp3) is 0.469. The summed E-state index contributed by atoms with van der Waals surface area (Å²) in [4.78, 5) is 40.5. The van der Waals surface area contributed by atoms with Crippen molar-refractivity contribution in [3.05, 3.63) is 54.5 Å². The summed E-state index contributed by atoms with van der Waals surface area (Å²) in [6.45, 7) is 11.7. The predicted octanol–water partition coefficient (Wildman–Crippen LogP) is 5.62. The molecule has 1 amide bonds. The van der Waals surface area contributed by atoms with Gasteiger partial charge in [0.1, 0.15) is 23.6 Å². The van der Waals surface area contributed by atoms with E-state index < -0.39 is 5.60 Å². The van der Waals surface area contributed by atoms with E-state index in [1.165, 1.54) is 12.8 Å². The monoisotopic (exact) mass is 583 g/mol. The second-order valence-electron chi connectivity index (χ2n) is 12.7. The first-order chi connectivity index (χ1) is 20.6. The summed E-state index contributed by atoms with van der Waals surface area (Å²) >= 11 is 0. The van der Waals surface area contributed by atoms with E-state index in [2.05, 4.69) is 61.2 Å². The molecule has 1 atom stereocenters. The zero-order chi connectivity index (χ0) is 30.1. The average molecular weight is 584 g/mol. The lowest BCUT2D eigenvalue weighted by atomic mass is 10.1. The van der Waals surface area contributed by atoms with Gasteiger partial charge >= 0.3 is 6.09 Å². The van der Waals surface area contributed by atoms with Crippen molar-refractivity contribution in [1.29, 1.82) is 0 Å². The van der Waals surface area contributed by atoms with Crippen molar-refractivity contribution in [2.24, 2.45) is 5.92 Å². The topological polar surface area (TPSA) is 115 Å². The lowest BCUT2D eigenvalue weighted by molar-refractivity contribution is 0.0110. The van der Waals surface area contributed by atoms with Crippen LogP contribution in [0.2, 0.25) is 0 Å². The summed E-state index contributed by atoms with van der Waals surface area (Å²) in [5.41, 5.74) is 4.32. The Balaban J connectivity index is 1.10. The Morgan fingerprint density at radius 3 is 2.63 bits per heavy atom. The molecule has 11 nitrogen and oxygen atoms in total. The van der Waals surface area contributed by atoms with Crippen LogP contribution in [0.5, 0.6) is 0 Å². The van der Waals surface area contributed by atoms with Crippen molar-refractivity contribution >= 4 is 34.7 Å². The highest BCUT2D eigenvalue weighted by Crippen LogP contribution is 2.31. The molecular weight excluding hydrogens is 542 g/mol. The molecule has 1 saturated heterocycles. The molecule has 4 heterocycles. The Kier molecular flexibility index (Phi) is 7.91. The first-order valence-corrected chi connectivity index (χ1v) is 15.1. The number of amides is 1. The van der Waals surface area contributed by atoms with E-state index in [-0.39, 0.29) is 12.1 Å². The number of fused-ring (bicyclic) bond motifs is 1. The summed E-state index contributed by atoms with van der Waals surface area (Å²) in [6, 6.07) is 12.4. The van der Waals surface area contributed by atoms with Gasteiger partial charge in [-0.2, -0.15) is 0 Å². The number of rotatable bonds is 8. The molecule has 1 aliphatic carbocycles. The number of hydrogen-bond donors (Lipinski definition) is 2. The summed E-state index contributed by atoms with van der Waals surface area (Å²) < 4.78 is 5.54. The number of nitrogens with one attached hydrogen (secondary N) is 2. The van der Waals surface area contributed by atoms with Gasteiger partial charge in [0.25, 0.3) is 0 Å². The van der Waals surface area contributed by atoms with Crippen molar-refractivity contribution in [3.63, 3.8) is 0 Å². The average Bonchev–Trinajstić information content (AvgIpc) is 3.72. The number of carbonyl (C=O) groups excluding carboxylic acids is 1.